The molecule has 2 atom stereocenters. The maximum Gasteiger partial charge on any atom is 0.251 e. The van der Waals surface area contributed by atoms with E-state index in [4.69, 9.17) is 4.74 Å². The van der Waals surface area contributed by atoms with Gasteiger partial charge in [-0.25, -0.2) is 4.98 Å². The Labute approximate surface area is 195 Å². The average molecular weight is 526 g/mol. The molecular formula is C21H31IN6O2. The highest BCUT2D eigenvalue weighted by Crippen LogP contribution is 2.27. The average Bonchev–Trinajstić information content (AvgIpc) is 3.29. The highest BCUT2D eigenvalue weighted by atomic mass is 127. The highest BCUT2D eigenvalue weighted by Gasteiger charge is 2.28. The van der Waals surface area contributed by atoms with Crippen LogP contribution in [0.1, 0.15) is 29.7 Å². The molecule has 0 spiro atoms. The van der Waals surface area contributed by atoms with E-state index in [-0.39, 0.29) is 29.9 Å². The van der Waals surface area contributed by atoms with Gasteiger partial charge in [0.25, 0.3) is 5.91 Å². The van der Waals surface area contributed by atoms with E-state index in [1.807, 2.05) is 30.9 Å². The Morgan fingerprint density at radius 3 is 2.83 bits per heavy atom. The van der Waals surface area contributed by atoms with Crippen LogP contribution in [0, 0.1) is 5.92 Å². The number of aromatic nitrogens is 2. The zero-order valence-corrected chi connectivity index (χ0v) is 20.1. The first-order valence-corrected chi connectivity index (χ1v) is 9.97. The maximum absolute atomic E-state index is 12.3. The molecule has 1 aromatic carbocycles. The van der Waals surface area contributed by atoms with Crippen LogP contribution in [-0.2, 0) is 0 Å². The van der Waals surface area contributed by atoms with Crippen molar-refractivity contribution in [3.8, 4) is 5.75 Å². The Balaban J connectivity index is 0.00000320. The van der Waals surface area contributed by atoms with E-state index in [2.05, 4.69) is 37.0 Å². The molecule has 164 valence electrons. The number of nitrogens with one attached hydrogen (secondary N) is 2. The number of guanidine groups is 1. The minimum Gasteiger partial charge on any atom is -0.497 e. The molecule has 2 aromatic rings. The quantitative estimate of drug-likeness (QED) is 0.262. The smallest absolute Gasteiger partial charge is 0.251 e. The lowest BCUT2D eigenvalue weighted by Gasteiger charge is -2.39. The van der Waals surface area contributed by atoms with Crippen molar-refractivity contribution in [1.82, 2.24) is 25.1 Å². The number of carbonyl (C=O) groups is 1. The maximum atomic E-state index is 12.3. The second-order valence-corrected chi connectivity index (χ2v) is 7.25. The normalized spacial score (nSPS) is 19.0. The molecule has 0 radical (unpaired) electrons. The van der Waals surface area contributed by atoms with E-state index < -0.39 is 0 Å². The molecule has 1 aliphatic heterocycles. The van der Waals surface area contributed by atoms with Crippen molar-refractivity contribution < 1.29 is 9.53 Å². The van der Waals surface area contributed by atoms with Gasteiger partial charge in [0, 0.05) is 51.2 Å². The largest absolute Gasteiger partial charge is 0.497 e. The minimum absolute atomic E-state index is 0. The van der Waals surface area contributed by atoms with Gasteiger partial charge in [0.1, 0.15) is 5.75 Å². The molecule has 9 heteroatoms. The van der Waals surface area contributed by atoms with Gasteiger partial charge in [0.05, 0.1) is 19.5 Å². The molecule has 2 N–H and O–H groups in total. The van der Waals surface area contributed by atoms with Gasteiger partial charge >= 0.3 is 0 Å². The van der Waals surface area contributed by atoms with E-state index in [9.17, 15) is 4.79 Å². The van der Waals surface area contributed by atoms with Gasteiger partial charge in [-0.2, -0.15) is 0 Å². The van der Waals surface area contributed by atoms with Gasteiger partial charge in [-0.05, 0) is 30.5 Å². The number of hydrogen-bond donors (Lipinski definition) is 2. The molecule has 1 amide bonds. The van der Waals surface area contributed by atoms with Gasteiger partial charge in [0.15, 0.2) is 5.96 Å². The number of hydrogen-bond acceptors (Lipinski definition) is 4. The Hall–Kier alpha value is -2.30. The summed E-state index contributed by atoms with van der Waals surface area (Å²) in [7, 11) is 3.38. The predicted octanol–water partition coefficient (Wildman–Crippen LogP) is 2.40. The highest BCUT2D eigenvalue weighted by molar-refractivity contribution is 14.0. The van der Waals surface area contributed by atoms with Gasteiger partial charge in [0.2, 0.25) is 0 Å². The number of carbonyl (C=O) groups excluding carboxylic acids is 1. The topological polar surface area (TPSA) is 83.8 Å². The van der Waals surface area contributed by atoms with Crippen LogP contribution >= 0.6 is 24.0 Å². The van der Waals surface area contributed by atoms with Crippen molar-refractivity contribution in [1.29, 1.82) is 0 Å². The van der Waals surface area contributed by atoms with E-state index >= 15 is 0 Å². The van der Waals surface area contributed by atoms with Gasteiger partial charge in [-0.3, -0.25) is 9.79 Å². The van der Waals surface area contributed by atoms with Gasteiger partial charge < -0.3 is 24.8 Å². The molecule has 3 rings (SSSR count). The van der Waals surface area contributed by atoms with Crippen LogP contribution < -0.4 is 15.4 Å². The monoisotopic (exact) mass is 526 g/mol. The first-order valence-electron chi connectivity index (χ1n) is 9.97. The molecule has 0 aliphatic carbocycles. The summed E-state index contributed by atoms with van der Waals surface area (Å²) in [6, 6.07) is 7.50. The summed E-state index contributed by atoms with van der Waals surface area (Å²) in [5.74, 6) is 1.99. The molecule has 1 aliphatic rings. The van der Waals surface area contributed by atoms with E-state index in [1.54, 1.807) is 26.3 Å². The van der Waals surface area contributed by atoms with Crippen LogP contribution in [0.2, 0.25) is 0 Å². The summed E-state index contributed by atoms with van der Waals surface area (Å²) >= 11 is 0. The second-order valence-electron chi connectivity index (χ2n) is 7.25. The number of methoxy groups -OCH3 is 1. The molecule has 1 saturated heterocycles. The van der Waals surface area contributed by atoms with Crippen LogP contribution in [0.25, 0.3) is 0 Å². The van der Waals surface area contributed by atoms with E-state index in [0.29, 0.717) is 36.4 Å². The van der Waals surface area contributed by atoms with Crippen molar-refractivity contribution in [2.75, 3.05) is 40.3 Å². The summed E-state index contributed by atoms with van der Waals surface area (Å²) in [5, 5.41) is 6.29. The molecular weight excluding hydrogens is 495 g/mol. The fourth-order valence-corrected chi connectivity index (χ4v) is 3.64. The zero-order valence-electron chi connectivity index (χ0n) is 17.7. The minimum atomic E-state index is -0.118. The molecule has 1 fully saturated rings. The van der Waals surface area contributed by atoms with E-state index in [0.717, 1.165) is 25.5 Å². The number of imidazole rings is 1. The van der Waals surface area contributed by atoms with Crippen LogP contribution in [0.4, 0.5) is 0 Å². The van der Waals surface area contributed by atoms with E-state index in [1.165, 1.54) is 0 Å². The fourth-order valence-electron chi connectivity index (χ4n) is 3.64. The van der Waals surface area contributed by atoms with Crippen LogP contribution in [0.15, 0.2) is 48.0 Å². The third kappa shape index (κ3) is 6.10. The Bertz CT molecular complexity index is 827. The number of aliphatic imine (C=N–C) groups is 1. The zero-order chi connectivity index (χ0) is 20.6. The van der Waals surface area contributed by atoms with Crippen molar-refractivity contribution >= 4 is 35.8 Å². The van der Waals surface area contributed by atoms with Crippen molar-refractivity contribution in [2.24, 2.45) is 10.9 Å². The number of halogens is 1. The summed E-state index contributed by atoms with van der Waals surface area (Å²) in [6.45, 7) is 5.23. The molecule has 0 bridgehead atoms. The van der Waals surface area contributed by atoms with Gasteiger partial charge in [-0.15, -0.1) is 24.0 Å². The Morgan fingerprint density at radius 2 is 2.13 bits per heavy atom. The van der Waals surface area contributed by atoms with Crippen molar-refractivity contribution in [2.45, 2.75) is 19.4 Å². The fraction of sp³-hybridized carbons (Fsp3) is 0.476. The number of rotatable bonds is 6. The number of nitrogens with zero attached hydrogens (tertiary/aromatic N) is 4. The number of ether oxygens (including phenoxy) is 1. The van der Waals surface area contributed by atoms with Crippen molar-refractivity contribution in [3.63, 3.8) is 0 Å². The first-order chi connectivity index (χ1) is 14.1. The van der Waals surface area contributed by atoms with Crippen LogP contribution in [0.3, 0.4) is 0 Å². The second kappa shape index (κ2) is 11.8. The number of amides is 1. The number of benzene rings is 1. The number of piperidine rings is 1. The molecule has 30 heavy (non-hydrogen) atoms. The molecule has 0 saturated carbocycles. The Kier molecular flexibility index (Phi) is 9.41. The lowest BCUT2D eigenvalue weighted by atomic mass is 9.93. The molecule has 2 heterocycles. The first kappa shape index (κ1) is 24.0. The summed E-state index contributed by atoms with van der Waals surface area (Å²) in [4.78, 5) is 23.2. The summed E-state index contributed by atoms with van der Waals surface area (Å²) in [6.07, 6.45) is 6.82. The summed E-state index contributed by atoms with van der Waals surface area (Å²) in [5.41, 5.74) is 0.585. The Morgan fingerprint density at radius 1 is 1.33 bits per heavy atom. The third-order valence-electron chi connectivity index (χ3n) is 5.36. The van der Waals surface area contributed by atoms with Crippen molar-refractivity contribution in [3.05, 3.63) is 48.5 Å². The molecule has 8 nitrogen and oxygen atoms in total. The number of likely N-dealkylation sites (tertiary alicyclic amines) is 1. The lowest BCUT2D eigenvalue weighted by molar-refractivity contribution is 0.0954. The molecule has 2 unspecified atom stereocenters. The predicted molar refractivity (Wildman–Crippen MR) is 129 cm³/mol. The SMILES string of the molecule is CN=C(NCCNC(=O)c1cccc(OC)c1)N1CCC(C)C(n2ccnc2)C1.I. The molecule has 1 aromatic heterocycles. The summed E-state index contributed by atoms with van der Waals surface area (Å²) < 4.78 is 7.35. The van der Waals surface area contributed by atoms with Crippen LogP contribution in [0.5, 0.6) is 5.75 Å². The lowest BCUT2D eigenvalue weighted by Crippen LogP contribution is -2.50. The third-order valence-corrected chi connectivity index (χ3v) is 5.36. The van der Waals surface area contributed by atoms with Gasteiger partial charge in [-0.1, -0.05) is 13.0 Å². The standard InChI is InChI=1S/C21H30N6O2.HI/c1-16-7-11-26(14-19(16)27-12-10-23-15-27)21(22-2)25-9-8-24-20(28)17-5-4-6-18(13-17)29-3;/h4-6,10,12-13,15-16,19H,7-9,11,14H2,1-3H3,(H,22,25)(H,24,28);1H. The van der Waals surface area contributed by atoms with Crippen LogP contribution in [-0.4, -0.2) is 66.7 Å².